The van der Waals surface area contributed by atoms with Gasteiger partial charge >= 0.3 is 44.0 Å². The van der Waals surface area contributed by atoms with Gasteiger partial charge in [-0.1, -0.05) is 13.8 Å². The number of aliphatic imine (C=N–C) groups is 3. The molecule has 0 aliphatic carbocycles. The molecule has 9 nitrogen and oxygen atoms in total. The number of ether oxygens (including phenoxy) is 1. The molecule has 1 rings (SSSR count). The van der Waals surface area contributed by atoms with Crippen LogP contribution in [0.4, 0.5) is 52.7 Å². The SMILES string of the molecule is CC(C)OP(=O)(OC(C)C)[C@@H](C(C)C)N(C)C(N)=NC1=NC(C(F)(F)F)(C(F)(F)F)N=C(C(C(F)(F)F)C(F)(F)F)O1. The predicted molar refractivity (Wildman–Crippen MR) is 124 cm³/mol. The lowest BCUT2D eigenvalue weighted by Crippen LogP contribution is -2.58. The van der Waals surface area contributed by atoms with Crippen LogP contribution < -0.4 is 5.73 Å². The van der Waals surface area contributed by atoms with Crippen molar-refractivity contribution in [1.29, 1.82) is 0 Å². The Morgan fingerprint density at radius 3 is 1.57 bits per heavy atom. The third kappa shape index (κ3) is 8.42. The van der Waals surface area contributed by atoms with E-state index in [-0.39, 0.29) is 0 Å². The molecular weight excluding hydrogens is 633 g/mol. The van der Waals surface area contributed by atoms with E-state index in [1.54, 1.807) is 4.99 Å². The lowest BCUT2D eigenvalue weighted by atomic mass is 10.1. The third-order valence-electron chi connectivity index (χ3n) is 5.02. The fraction of sp³-hybridized carbons (Fsp3) is 0.850. The lowest BCUT2D eigenvalue weighted by Gasteiger charge is -2.38. The highest BCUT2D eigenvalue weighted by Crippen LogP contribution is 2.58. The molecule has 0 saturated heterocycles. The number of hydrogen-bond acceptors (Lipinski definition) is 7. The second kappa shape index (κ2) is 12.4. The standard InChI is InChI=1S/C20H28F12N5O4P/c1-8(2)13(42(38,40-9(3)4)41-10(5)6)37(7)14(33)34-15-36-18(19(27,28)29,20(30,31)32)35-12(39-15)11(16(21,22)23)17(24,25)26/h8-11,13H,1-7H3,(H2,33,34,36)/t13-/m0/s1. The molecule has 0 aromatic carbocycles. The number of hydrogen-bond donors (Lipinski definition) is 1. The molecule has 0 aromatic rings. The highest BCUT2D eigenvalue weighted by molar-refractivity contribution is 7.54. The van der Waals surface area contributed by atoms with Crippen LogP contribution in [-0.2, 0) is 18.3 Å². The Morgan fingerprint density at radius 1 is 0.857 bits per heavy atom. The number of guanidine groups is 1. The fourth-order valence-electron chi connectivity index (χ4n) is 3.59. The van der Waals surface area contributed by atoms with Crippen LogP contribution in [0.25, 0.3) is 0 Å². The van der Waals surface area contributed by atoms with E-state index in [1.165, 1.54) is 41.5 Å². The van der Waals surface area contributed by atoms with Gasteiger partial charge in [-0.2, -0.15) is 62.7 Å². The molecule has 1 heterocycles. The number of nitrogens with two attached hydrogens (primary N) is 1. The average molecular weight is 661 g/mol. The highest BCUT2D eigenvalue weighted by Gasteiger charge is 2.75. The van der Waals surface area contributed by atoms with Crippen molar-refractivity contribution in [2.75, 3.05) is 7.05 Å². The molecule has 0 amide bonds. The van der Waals surface area contributed by atoms with Gasteiger partial charge in [0.05, 0.1) is 12.2 Å². The minimum absolute atomic E-state index is 0.668. The van der Waals surface area contributed by atoms with E-state index in [9.17, 15) is 57.3 Å². The molecule has 1 aliphatic heterocycles. The van der Waals surface area contributed by atoms with Gasteiger partial charge in [-0.3, -0.25) is 4.57 Å². The Bertz CT molecular complexity index is 1050. The van der Waals surface area contributed by atoms with Gasteiger partial charge in [0.15, 0.2) is 0 Å². The highest BCUT2D eigenvalue weighted by atomic mass is 31.2. The van der Waals surface area contributed by atoms with Gasteiger partial charge in [0.25, 0.3) is 0 Å². The van der Waals surface area contributed by atoms with Crippen LogP contribution >= 0.6 is 7.60 Å². The minimum atomic E-state index is -6.74. The zero-order valence-corrected chi connectivity index (χ0v) is 23.8. The van der Waals surface area contributed by atoms with E-state index in [0.717, 1.165) is 7.05 Å². The summed E-state index contributed by atoms with van der Waals surface area (Å²) in [6.45, 7) is 8.63. The van der Waals surface area contributed by atoms with Gasteiger partial charge in [-0.15, -0.1) is 0 Å². The van der Waals surface area contributed by atoms with Crippen LogP contribution in [0.2, 0.25) is 0 Å². The van der Waals surface area contributed by atoms with Crippen molar-refractivity contribution in [2.24, 2.45) is 32.5 Å². The monoisotopic (exact) mass is 661 g/mol. The first-order valence-electron chi connectivity index (χ1n) is 11.7. The van der Waals surface area contributed by atoms with Crippen LogP contribution in [-0.4, -0.2) is 78.2 Å². The summed E-state index contributed by atoms with van der Waals surface area (Å²) in [4.78, 5) is 7.50. The number of rotatable bonds is 8. The quantitative estimate of drug-likeness (QED) is 0.136. The summed E-state index contributed by atoms with van der Waals surface area (Å²) in [5, 5.41) is 0. The summed E-state index contributed by atoms with van der Waals surface area (Å²) in [5.74, 6) is -11.6. The molecule has 22 heteroatoms. The zero-order valence-electron chi connectivity index (χ0n) is 22.9. The summed E-state index contributed by atoms with van der Waals surface area (Å²) in [5.41, 5.74) is -0.214. The van der Waals surface area contributed by atoms with Gasteiger partial charge < -0.3 is 24.4 Å². The maximum atomic E-state index is 13.7. The summed E-state index contributed by atoms with van der Waals surface area (Å²) < 4.78 is 191. The molecule has 0 fully saturated rings. The summed E-state index contributed by atoms with van der Waals surface area (Å²) in [6.07, 6.45) is -28.1. The van der Waals surface area contributed by atoms with Crippen molar-refractivity contribution in [3.05, 3.63) is 0 Å². The van der Waals surface area contributed by atoms with Crippen LogP contribution in [0.3, 0.4) is 0 Å². The molecule has 0 unspecified atom stereocenters. The van der Waals surface area contributed by atoms with E-state index >= 15 is 0 Å². The second-order valence-corrected chi connectivity index (χ2v) is 11.7. The Labute approximate surface area is 231 Å². The van der Waals surface area contributed by atoms with Crippen molar-refractivity contribution in [2.45, 2.75) is 89.9 Å². The molecule has 0 saturated carbocycles. The van der Waals surface area contributed by atoms with E-state index in [0.29, 0.717) is 4.90 Å². The Kier molecular flexibility index (Phi) is 11.1. The maximum Gasteiger partial charge on any atom is 0.443 e. The number of alkyl halides is 12. The van der Waals surface area contributed by atoms with Gasteiger partial charge in [0.1, 0.15) is 5.78 Å². The Hall–Kier alpha value is -2.28. The average Bonchev–Trinajstić information content (AvgIpc) is 2.67. The topological polar surface area (TPSA) is 111 Å². The molecule has 1 atom stereocenters. The van der Waals surface area contributed by atoms with Crippen LogP contribution in [0.15, 0.2) is 15.0 Å². The molecule has 1 aliphatic rings. The van der Waals surface area contributed by atoms with Gasteiger partial charge in [0.2, 0.25) is 17.8 Å². The van der Waals surface area contributed by atoms with E-state index in [1.807, 2.05) is 0 Å². The van der Waals surface area contributed by atoms with Crippen molar-refractivity contribution < 1.29 is 71.0 Å². The fourth-order valence-corrected chi connectivity index (χ4v) is 6.33. The van der Waals surface area contributed by atoms with Crippen molar-refractivity contribution in [1.82, 2.24) is 4.90 Å². The number of nitrogens with zero attached hydrogens (tertiary/aromatic N) is 4. The van der Waals surface area contributed by atoms with Crippen molar-refractivity contribution in [3.8, 4) is 0 Å². The van der Waals surface area contributed by atoms with E-state index in [2.05, 4.69) is 14.7 Å². The summed E-state index contributed by atoms with van der Waals surface area (Å²) in [7, 11) is -3.35. The second-order valence-electron chi connectivity index (χ2n) is 9.72. The normalized spacial score (nSPS) is 18.4. The van der Waals surface area contributed by atoms with Crippen molar-refractivity contribution >= 4 is 25.5 Å². The first-order chi connectivity index (χ1) is 18.5. The molecular formula is C20H28F12N5O4P. The molecule has 0 aromatic heterocycles. The van der Waals surface area contributed by atoms with Gasteiger partial charge in [-0.05, 0) is 33.6 Å². The smallest absolute Gasteiger partial charge is 0.409 e. The third-order valence-corrected chi connectivity index (χ3v) is 8.04. The summed E-state index contributed by atoms with van der Waals surface area (Å²) in [6, 6.07) is -2.30. The van der Waals surface area contributed by atoms with E-state index < -0.39 is 85.7 Å². The Morgan fingerprint density at radius 2 is 1.26 bits per heavy atom. The molecule has 2 N–H and O–H groups in total. The zero-order chi connectivity index (χ0) is 33.4. The number of halogens is 12. The molecule has 42 heavy (non-hydrogen) atoms. The molecule has 0 radical (unpaired) electrons. The molecule has 0 spiro atoms. The van der Waals surface area contributed by atoms with Gasteiger partial charge in [0, 0.05) is 7.05 Å². The maximum absolute atomic E-state index is 13.7. The largest absolute Gasteiger partial charge is 0.443 e. The summed E-state index contributed by atoms with van der Waals surface area (Å²) >= 11 is 0. The number of amidine groups is 1. The van der Waals surface area contributed by atoms with Crippen LogP contribution in [0.1, 0.15) is 41.5 Å². The van der Waals surface area contributed by atoms with E-state index in [4.69, 9.17) is 14.8 Å². The molecule has 0 bridgehead atoms. The Balaban J connectivity index is 3.95. The first-order valence-corrected chi connectivity index (χ1v) is 13.3. The first kappa shape index (κ1) is 37.7. The lowest BCUT2D eigenvalue weighted by molar-refractivity contribution is -0.296. The predicted octanol–water partition coefficient (Wildman–Crippen LogP) is 6.60. The van der Waals surface area contributed by atoms with Gasteiger partial charge in [-0.25, -0.2) is 4.99 Å². The molecule has 246 valence electrons. The van der Waals surface area contributed by atoms with Crippen molar-refractivity contribution in [3.63, 3.8) is 0 Å². The van der Waals surface area contributed by atoms with Crippen LogP contribution in [0.5, 0.6) is 0 Å². The minimum Gasteiger partial charge on any atom is -0.409 e. The van der Waals surface area contributed by atoms with Crippen LogP contribution in [0, 0.1) is 11.8 Å².